The fourth-order valence-electron chi connectivity index (χ4n) is 3.10. The van der Waals surface area contributed by atoms with Crippen LogP contribution in [0.2, 0.25) is 0 Å². The van der Waals surface area contributed by atoms with Gasteiger partial charge in [-0.15, -0.1) is 5.10 Å². The number of amides is 1. The van der Waals surface area contributed by atoms with Crippen molar-refractivity contribution < 1.29 is 9.18 Å². The number of aromatic amines is 1. The van der Waals surface area contributed by atoms with E-state index < -0.39 is 0 Å². The molecule has 0 aliphatic heterocycles. The first kappa shape index (κ1) is 19.1. The molecule has 2 aromatic heterocycles. The molecule has 7 nitrogen and oxygen atoms in total. The number of carbonyl (C=O) groups is 1. The number of nitrogens with one attached hydrogen (secondary N) is 2. The fraction of sp³-hybridized carbons (Fsp3) is 0.200. The molecule has 0 saturated carbocycles. The maximum absolute atomic E-state index is 13.5. The zero-order valence-corrected chi connectivity index (χ0v) is 16.5. The van der Waals surface area contributed by atoms with Gasteiger partial charge in [0.05, 0.1) is 11.4 Å². The van der Waals surface area contributed by atoms with Crippen LogP contribution in [-0.2, 0) is 11.2 Å². The fourth-order valence-corrected chi connectivity index (χ4v) is 3.81. The summed E-state index contributed by atoms with van der Waals surface area (Å²) in [6, 6.07) is 12.4. The Labute approximate surface area is 170 Å². The molecule has 0 radical (unpaired) electrons. The van der Waals surface area contributed by atoms with Crippen molar-refractivity contribution in [1.82, 2.24) is 30.5 Å². The molecule has 0 aliphatic carbocycles. The number of carbonyl (C=O) groups excluding carboxylic acids is 1. The number of halogens is 1. The van der Waals surface area contributed by atoms with E-state index in [4.69, 9.17) is 0 Å². The molecular formula is C20H19FN6OS. The smallest absolute Gasteiger partial charge is 0.230 e. The largest absolute Gasteiger partial charge is 0.361 e. The van der Waals surface area contributed by atoms with Crippen LogP contribution in [0.3, 0.4) is 0 Å². The first-order valence-electron chi connectivity index (χ1n) is 9.11. The topological polar surface area (TPSA) is 88.5 Å². The first-order valence-corrected chi connectivity index (χ1v) is 10.1. The molecule has 0 aliphatic rings. The molecule has 29 heavy (non-hydrogen) atoms. The lowest BCUT2D eigenvalue weighted by Crippen LogP contribution is -2.27. The summed E-state index contributed by atoms with van der Waals surface area (Å²) in [4.78, 5) is 15.3. The molecule has 4 aromatic rings. The number of tetrazole rings is 1. The number of H-pyrrole nitrogens is 1. The minimum absolute atomic E-state index is 0.111. The van der Waals surface area contributed by atoms with Crippen molar-refractivity contribution in [2.45, 2.75) is 18.5 Å². The van der Waals surface area contributed by atoms with Crippen molar-refractivity contribution in [1.29, 1.82) is 0 Å². The van der Waals surface area contributed by atoms with Gasteiger partial charge in [-0.25, -0.2) is 4.39 Å². The van der Waals surface area contributed by atoms with Crippen LogP contribution in [0.1, 0.15) is 11.1 Å². The number of para-hydroxylation sites is 1. The molecule has 2 aromatic carbocycles. The third kappa shape index (κ3) is 4.29. The van der Waals surface area contributed by atoms with E-state index in [0.717, 1.165) is 27.7 Å². The van der Waals surface area contributed by atoms with Gasteiger partial charge in [0.1, 0.15) is 5.82 Å². The number of nitrogens with zero attached hydrogens (tertiary/aromatic N) is 4. The lowest BCUT2D eigenvalue weighted by Gasteiger charge is -2.07. The van der Waals surface area contributed by atoms with Crippen LogP contribution in [0.4, 0.5) is 4.39 Å². The summed E-state index contributed by atoms with van der Waals surface area (Å²) in [5, 5.41) is 16.1. The predicted molar refractivity (Wildman–Crippen MR) is 110 cm³/mol. The highest BCUT2D eigenvalue weighted by molar-refractivity contribution is 7.99. The third-order valence-corrected chi connectivity index (χ3v) is 5.48. The number of aryl methyl sites for hydroxylation is 1. The van der Waals surface area contributed by atoms with Crippen molar-refractivity contribution in [2.24, 2.45) is 0 Å². The molecule has 0 bridgehead atoms. The summed E-state index contributed by atoms with van der Waals surface area (Å²) in [5.74, 6) is -0.181. The van der Waals surface area contributed by atoms with E-state index in [1.54, 1.807) is 10.7 Å². The molecule has 1 amide bonds. The van der Waals surface area contributed by atoms with E-state index >= 15 is 0 Å². The minimum Gasteiger partial charge on any atom is -0.361 e. The molecule has 0 fully saturated rings. The summed E-state index contributed by atoms with van der Waals surface area (Å²) >= 11 is 1.28. The van der Waals surface area contributed by atoms with Crippen LogP contribution in [0.25, 0.3) is 16.6 Å². The van der Waals surface area contributed by atoms with Gasteiger partial charge in [-0.05, 0) is 59.2 Å². The van der Waals surface area contributed by atoms with Crippen LogP contribution in [0, 0.1) is 12.7 Å². The predicted octanol–water partition coefficient (Wildman–Crippen LogP) is 3.04. The number of fused-ring (bicyclic) bond motifs is 1. The standard InChI is InChI=1S/C20H19FN6OS/c1-13-4-2-3-5-18(13)27-20(24-25-26-27)29-12-19(28)22-9-8-14-11-23-17-7-6-15(21)10-16(14)17/h2-7,10-11,23H,8-9,12H2,1H3,(H,22,28). The molecule has 2 N–H and O–H groups in total. The number of thioether (sulfide) groups is 1. The van der Waals surface area contributed by atoms with Crippen LogP contribution in [0.5, 0.6) is 0 Å². The summed E-state index contributed by atoms with van der Waals surface area (Å²) in [6.07, 6.45) is 2.46. The van der Waals surface area contributed by atoms with Crippen LogP contribution in [0.15, 0.2) is 53.8 Å². The summed E-state index contributed by atoms with van der Waals surface area (Å²) in [7, 11) is 0. The van der Waals surface area contributed by atoms with Gasteiger partial charge in [0, 0.05) is 23.6 Å². The molecular weight excluding hydrogens is 391 g/mol. The van der Waals surface area contributed by atoms with Crippen LogP contribution < -0.4 is 5.32 Å². The quantitative estimate of drug-likeness (QED) is 0.457. The lowest BCUT2D eigenvalue weighted by atomic mass is 10.1. The monoisotopic (exact) mass is 410 g/mol. The zero-order valence-electron chi connectivity index (χ0n) is 15.7. The number of rotatable bonds is 7. The molecule has 0 saturated heterocycles. The SMILES string of the molecule is Cc1ccccc1-n1nnnc1SCC(=O)NCCc1c[nH]c2ccc(F)cc12. The van der Waals surface area contributed by atoms with E-state index in [0.29, 0.717) is 18.1 Å². The van der Waals surface area contributed by atoms with E-state index in [-0.39, 0.29) is 17.5 Å². The number of aromatic nitrogens is 5. The summed E-state index contributed by atoms with van der Waals surface area (Å²) in [6.45, 7) is 2.44. The van der Waals surface area contributed by atoms with E-state index in [1.165, 1.54) is 23.9 Å². The van der Waals surface area contributed by atoms with E-state index in [1.807, 2.05) is 37.4 Å². The number of hydrogen-bond acceptors (Lipinski definition) is 5. The van der Waals surface area contributed by atoms with Crippen LogP contribution in [-0.4, -0.2) is 43.4 Å². The van der Waals surface area contributed by atoms with Gasteiger partial charge < -0.3 is 10.3 Å². The van der Waals surface area contributed by atoms with Gasteiger partial charge in [0.2, 0.25) is 11.1 Å². The van der Waals surface area contributed by atoms with E-state index in [9.17, 15) is 9.18 Å². The normalized spacial score (nSPS) is 11.1. The number of benzene rings is 2. The Balaban J connectivity index is 1.32. The number of hydrogen-bond donors (Lipinski definition) is 2. The minimum atomic E-state index is -0.273. The molecule has 0 atom stereocenters. The summed E-state index contributed by atoms with van der Waals surface area (Å²) in [5.41, 5.74) is 3.77. The second kappa shape index (κ2) is 8.44. The van der Waals surface area contributed by atoms with Crippen molar-refractivity contribution in [3.63, 3.8) is 0 Å². The zero-order chi connectivity index (χ0) is 20.2. The van der Waals surface area contributed by atoms with Crippen molar-refractivity contribution in [3.8, 4) is 5.69 Å². The highest BCUT2D eigenvalue weighted by Crippen LogP contribution is 2.21. The average molecular weight is 410 g/mol. The Hall–Kier alpha value is -3.20. The Kier molecular flexibility index (Phi) is 5.57. The lowest BCUT2D eigenvalue weighted by molar-refractivity contribution is -0.118. The second-order valence-corrected chi connectivity index (χ2v) is 7.49. The summed E-state index contributed by atoms with van der Waals surface area (Å²) < 4.78 is 15.1. The Bertz CT molecular complexity index is 1150. The van der Waals surface area contributed by atoms with Gasteiger partial charge >= 0.3 is 0 Å². The maximum atomic E-state index is 13.5. The van der Waals surface area contributed by atoms with Gasteiger partial charge in [-0.2, -0.15) is 4.68 Å². The molecule has 9 heteroatoms. The van der Waals surface area contributed by atoms with Crippen LogP contribution >= 0.6 is 11.8 Å². The van der Waals surface area contributed by atoms with Crippen molar-refractivity contribution in [3.05, 3.63) is 65.6 Å². The highest BCUT2D eigenvalue weighted by Gasteiger charge is 2.13. The van der Waals surface area contributed by atoms with Gasteiger partial charge in [0.25, 0.3) is 0 Å². The third-order valence-electron chi connectivity index (χ3n) is 4.56. The Morgan fingerprint density at radius 3 is 3.00 bits per heavy atom. The molecule has 0 unspecified atom stereocenters. The van der Waals surface area contributed by atoms with Gasteiger partial charge in [-0.3, -0.25) is 4.79 Å². The molecule has 2 heterocycles. The Morgan fingerprint density at radius 2 is 2.14 bits per heavy atom. The maximum Gasteiger partial charge on any atom is 0.230 e. The molecule has 148 valence electrons. The molecule has 0 spiro atoms. The Morgan fingerprint density at radius 1 is 1.28 bits per heavy atom. The first-order chi connectivity index (χ1) is 14.1. The average Bonchev–Trinajstić information content (AvgIpc) is 3.34. The van der Waals surface area contributed by atoms with Crippen molar-refractivity contribution in [2.75, 3.05) is 12.3 Å². The van der Waals surface area contributed by atoms with Gasteiger partial charge in [0.15, 0.2) is 0 Å². The van der Waals surface area contributed by atoms with E-state index in [2.05, 4.69) is 25.8 Å². The van der Waals surface area contributed by atoms with Gasteiger partial charge in [-0.1, -0.05) is 30.0 Å². The highest BCUT2D eigenvalue weighted by atomic mass is 32.2. The molecule has 4 rings (SSSR count). The van der Waals surface area contributed by atoms with Crippen molar-refractivity contribution >= 4 is 28.6 Å². The second-order valence-electron chi connectivity index (χ2n) is 6.55.